The van der Waals surface area contributed by atoms with E-state index in [1.54, 1.807) is 45.0 Å². The Labute approximate surface area is 249 Å². The van der Waals surface area contributed by atoms with E-state index in [2.05, 4.69) is 10.4 Å². The summed E-state index contributed by atoms with van der Waals surface area (Å²) in [5, 5.41) is 6.98. The topological polar surface area (TPSA) is 103 Å². The third-order valence-electron chi connectivity index (χ3n) is 6.03. The number of carbonyl (C=O) groups excluding carboxylic acids is 3. The molecule has 1 aromatic heterocycles. The third kappa shape index (κ3) is 7.64. The van der Waals surface area contributed by atoms with Crippen LogP contribution >= 0.6 is 23.4 Å². The summed E-state index contributed by atoms with van der Waals surface area (Å²) in [5.41, 5.74) is -0.372. The molecule has 9 nitrogen and oxygen atoms in total. The predicted molar refractivity (Wildman–Crippen MR) is 153 cm³/mol. The van der Waals surface area contributed by atoms with Crippen molar-refractivity contribution >= 4 is 57.6 Å². The number of nitrogens with one attached hydrogen (secondary N) is 1. The molecule has 0 unspecified atom stereocenters. The van der Waals surface area contributed by atoms with E-state index in [-0.39, 0.29) is 35.2 Å². The van der Waals surface area contributed by atoms with E-state index in [1.165, 1.54) is 30.1 Å². The highest BCUT2D eigenvalue weighted by Gasteiger charge is 2.37. The molecule has 0 bridgehead atoms. The van der Waals surface area contributed by atoms with Crippen molar-refractivity contribution in [2.75, 3.05) is 20.3 Å². The number of fused-ring (bicyclic) bond motifs is 1. The van der Waals surface area contributed by atoms with E-state index in [1.807, 2.05) is 0 Å². The van der Waals surface area contributed by atoms with Crippen LogP contribution in [0.5, 0.6) is 0 Å². The van der Waals surface area contributed by atoms with Crippen molar-refractivity contribution in [1.82, 2.24) is 20.0 Å². The standard InChI is InChI=1S/C28H28ClF3N4O5S/c1-27(2,3)41-25(38)34-20(15-40-4)14-35-24(37)23(42-26(35)39)10-16-5-8-22-18(9-16)12-33-36(22)13-17-6-7-19(29)11-21(17)28(30,31)32/h5-12,20H,13-15H2,1-4H3,(H,34,38)/t20-/m0/s1. The van der Waals surface area contributed by atoms with Crippen molar-refractivity contribution in [2.24, 2.45) is 0 Å². The number of nitrogens with zero attached hydrogens (tertiary/aromatic N) is 3. The molecule has 3 amide bonds. The lowest BCUT2D eigenvalue weighted by Gasteiger charge is -2.25. The highest BCUT2D eigenvalue weighted by molar-refractivity contribution is 8.18. The number of halogens is 4. The van der Waals surface area contributed by atoms with Crippen LogP contribution < -0.4 is 5.32 Å². The molecule has 2 heterocycles. The molecular formula is C28H28ClF3N4O5S. The van der Waals surface area contributed by atoms with Crippen molar-refractivity contribution < 1.29 is 37.0 Å². The molecule has 14 heteroatoms. The number of carbonyl (C=O) groups is 3. The number of rotatable bonds is 8. The van der Waals surface area contributed by atoms with Crippen LogP contribution in [0.4, 0.5) is 22.8 Å². The Hall–Kier alpha value is -3.55. The molecule has 1 saturated heterocycles. The van der Waals surface area contributed by atoms with Crippen molar-refractivity contribution in [2.45, 2.75) is 45.1 Å². The van der Waals surface area contributed by atoms with Crippen LogP contribution in [0.3, 0.4) is 0 Å². The molecule has 0 radical (unpaired) electrons. The second-order valence-corrected chi connectivity index (χ2v) is 11.9. The van der Waals surface area contributed by atoms with Gasteiger partial charge in [0.2, 0.25) is 0 Å². The number of imide groups is 1. The van der Waals surface area contributed by atoms with Gasteiger partial charge in [-0.1, -0.05) is 23.7 Å². The van der Waals surface area contributed by atoms with Crippen LogP contribution in [-0.2, 0) is 27.0 Å². The lowest BCUT2D eigenvalue weighted by molar-refractivity contribution is -0.138. The molecule has 1 atom stereocenters. The number of hydrogen-bond donors (Lipinski definition) is 1. The Morgan fingerprint density at radius 1 is 1.17 bits per heavy atom. The average Bonchev–Trinajstić information content (AvgIpc) is 3.38. The normalized spacial score (nSPS) is 16.0. The van der Waals surface area contributed by atoms with Gasteiger partial charge in [-0.3, -0.25) is 19.2 Å². The fraction of sp³-hybridized carbons (Fsp3) is 0.357. The molecule has 224 valence electrons. The van der Waals surface area contributed by atoms with Gasteiger partial charge in [0.15, 0.2) is 0 Å². The van der Waals surface area contributed by atoms with E-state index < -0.39 is 40.6 Å². The Bertz CT molecular complexity index is 1550. The third-order valence-corrected chi connectivity index (χ3v) is 7.17. The quantitative estimate of drug-likeness (QED) is 0.292. The number of amides is 3. The van der Waals surface area contributed by atoms with Crippen LogP contribution in [0, 0.1) is 0 Å². The molecule has 1 aliphatic heterocycles. The van der Waals surface area contributed by atoms with Gasteiger partial charge in [-0.15, -0.1) is 0 Å². The summed E-state index contributed by atoms with van der Waals surface area (Å²) in [5.74, 6) is -0.532. The number of alkyl carbamates (subject to hydrolysis) is 1. The highest BCUT2D eigenvalue weighted by atomic mass is 35.5. The van der Waals surface area contributed by atoms with Crippen LogP contribution in [0.15, 0.2) is 47.5 Å². The van der Waals surface area contributed by atoms with Gasteiger partial charge < -0.3 is 14.8 Å². The molecule has 1 fully saturated rings. The molecule has 0 spiro atoms. The number of alkyl halides is 3. The van der Waals surface area contributed by atoms with Crippen LogP contribution in [-0.4, -0.2) is 63.8 Å². The summed E-state index contributed by atoms with van der Waals surface area (Å²) in [4.78, 5) is 39.2. The first kappa shape index (κ1) is 31.4. The Morgan fingerprint density at radius 2 is 1.90 bits per heavy atom. The summed E-state index contributed by atoms with van der Waals surface area (Å²) >= 11 is 6.55. The van der Waals surface area contributed by atoms with Gasteiger partial charge in [0.1, 0.15) is 5.60 Å². The van der Waals surface area contributed by atoms with E-state index in [0.29, 0.717) is 16.5 Å². The number of ether oxygens (including phenoxy) is 2. The Morgan fingerprint density at radius 3 is 2.57 bits per heavy atom. The van der Waals surface area contributed by atoms with E-state index in [4.69, 9.17) is 21.1 Å². The fourth-order valence-corrected chi connectivity index (χ4v) is 5.30. The maximum Gasteiger partial charge on any atom is 0.416 e. The molecule has 1 N–H and O–H groups in total. The molecular weight excluding hydrogens is 597 g/mol. The van der Waals surface area contributed by atoms with Gasteiger partial charge in [0.05, 0.1) is 47.9 Å². The summed E-state index contributed by atoms with van der Waals surface area (Å²) in [6.45, 7) is 4.93. The lowest BCUT2D eigenvalue weighted by Crippen LogP contribution is -2.48. The van der Waals surface area contributed by atoms with Crippen molar-refractivity contribution in [3.8, 4) is 0 Å². The molecule has 2 aromatic carbocycles. The first-order valence-electron chi connectivity index (χ1n) is 12.7. The monoisotopic (exact) mass is 624 g/mol. The summed E-state index contributed by atoms with van der Waals surface area (Å²) in [7, 11) is 1.43. The average molecular weight is 625 g/mol. The van der Waals surface area contributed by atoms with Gasteiger partial charge >= 0.3 is 12.3 Å². The number of methoxy groups -OCH3 is 1. The number of thioether (sulfide) groups is 1. The summed E-state index contributed by atoms with van der Waals surface area (Å²) in [6, 6.07) is 7.99. The molecule has 0 aliphatic carbocycles. The van der Waals surface area contributed by atoms with Crippen molar-refractivity contribution in [3.05, 3.63) is 69.2 Å². The minimum absolute atomic E-state index is 0.0148. The van der Waals surface area contributed by atoms with Crippen molar-refractivity contribution in [1.29, 1.82) is 0 Å². The van der Waals surface area contributed by atoms with Gasteiger partial charge in [-0.2, -0.15) is 18.3 Å². The van der Waals surface area contributed by atoms with Crippen LogP contribution in [0.2, 0.25) is 5.02 Å². The van der Waals surface area contributed by atoms with Gasteiger partial charge in [-0.25, -0.2) is 4.79 Å². The van der Waals surface area contributed by atoms with Gasteiger partial charge in [0, 0.05) is 17.5 Å². The molecule has 4 rings (SSSR count). The minimum atomic E-state index is -4.57. The van der Waals surface area contributed by atoms with Crippen LogP contribution in [0.1, 0.15) is 37.5 Å². The van der Waals surface area contributed by atoms with E-state index in [0.717, 1.165) is 22.7 Å². The first-order chi connectivity index (χ1) is 19.6. The van der Waals surface area contributed by atoms with E-state index in [9.17, 15) is 27.6 Å². The first-order valence-corrected chi connectivity index (χ1v) is 13.9. The smallest absolute Gasteiger partial charge is 0.416 e. The maximum absolute atomic E-state index is 13.5. The van der Waals surface area contributed by atoms with E-state index >= 15 is 0 Å². The molecule has 3 aromatic rings. The molecule has 1 aliphatic rings. The lowest BCUT2D eigenvalue weighted by atomic mass is 10.1. The molecule has 42 heavy (non-hydrogen) atoms. The maximum atomic E-state index is 13.5. The Kier molecular flexibility index (Phi) is 9.24. The Balaban J connectivity index is 1.50. The summed E-state index contributed by atoms with van der Waals surface area (Å²) in [6.07, 6.45) is -2.21. The second kappa shape index (κ2) is 12.4. The fourth-order valence-electron chi connectivity index (χ4n) is 4.28. The van der Waals surface area contributed by atoms with Gasteiger partial charge in [0.25, 0.3) is 11.1 Å². The zero-order chi connectivity index (χ0) is 30.8. The van der Waals surface area contributed by atoms with Gasteiger partial charge in [-0.05, 0) is 74.0 Å². The zero-order valence-corrected chi connectivity index (χ0v) is 24.7. The minimum Gasteiger partial charge on any atom is -0.444 e. The highest BCUT2D eigenvalue weighted by Crippen LogP contribution is 2.35. The predicted octanol–water partition coefficient (Wildman–Crippen LogP) is 6.33. The summed E-state index contributed by atoms with van der Waals surface area (Å²) < 4.78 is 52.5. The largest absolute Gasteiger partial charge is 0.444 e. The zero-order valence-electron chi connectivity index (χ0n) is 23.1. The number of aromatic nitrogens is 2. The van der Waals surface area contributed by atoms with Crippen molar-refractivity contribution in [3.63, 3.8) is 0 Å². The SMILES string of the molecule is COC[C@H](CN1C(=O)SC(=Cc2ccc3c(cnn3Cc3ccc(Cl)cc3C(F)(F)F)c2)C1=O)NC(=O)OC(C)(C)C. The number of hydrogen-bond acceptors (Lipinski definition) is 7. The molecule has 0 saturated carbocycles. The number of benzene rings is 2. The second-order valence-electron chi connectivity index (χ2n) is 10.5. The van der Waals surface area contributed by atoms with Crippen LogP contribution in [0.25, 0.3) is 17.0 Å².